The highest BCUT2D eigenvalue weighted by Crippen LogP contribution is 1.90. The van der Waals surface area contributed by atoms with E-state index in [2.05, 4.69) is 25.2 Å². The van der Waals surface area contributed by atoms with E-state index in [-0.39, 0.29) is 0 Å². The zero-order chi connectivity index (χ0) is 8.53. The molecule has 0 aliphatic carbocycles. The number of hydrogen-bond donors (Lipinski definition) is 1. The van der Waals surface area contributed by atoms with Crippen LogP contribution < -0.4 is 5.48 Å². The monoisotopic (exact) mass is 155 g/mol. The van der Waals surface area contributed by atoms with Gasteiger partial charge in [0, 0.05) is 13.0 Å². The predicted octanol–water partition coefficient (Wildman–Crippen LogP) is 1.58. The highest BCUT2D eigenvalue weighted by atomic mass is 16.6. The van der Waals surface area contributed by atoms with Gasteiger partial charge in [-0.2, -0.15) is 0 Å². The molecule has 0 saturated carbocycles. The fourth-order valence-corrected chi connectivity index (χ4v) is 0.560. The maximum atomic E-state index is 5.12. The summed E-state index contributed by atoms with van der Waals surface area (Å²) in [6.45, 7) is 5.83. The molecule has 2 nitrogen and oxygen atoms in total. The topological polar surface area (TPSA) is 21.3 Å². The molecular formula is C9H17NO. The number of hydrogen-bond acceptors (Lipinski definition) is 2. The lowest BCUT2D eigenvalue weighted by molar-refractivity contribution is 0.0237. The molecule has 0 aromatic rings. The molecule has 0 radical (unpaired) electrons. The zero-order valence-electron chi connectivity index (χ0n) is 7.39. The average Bonchev–Trinajstić information content (AvgIpc) is 1.96. The Balaban J connectivity index is 2.86. The standard InChI is InChI=1S/C9H17NO/c1-4-5-6-7-10-11-8-9(2)3/h1,9-10H,5-8H2,2-3H3. The van der Waals surface area contributed by atoms with Crippen LogP contribution in [0.2, 0.25) is 0 Å². The highest BCUT2D eigenvalue weighted by molar-refractivity contribution is 4.82. The molecule has 0 aromatic heterocycles. The van der Waals surface area contributed by atoms with Gasteiger partial charge in [0.25, 0.3) is 0 Å². The number of terminal acetylenes is 1. The Kier molecular flexibility index (Phi) is 7.23. The van der Waals surface area contributed by atoms with Gasteiger partial charge in [-0.15, -0.1) is 12.3 Å². The molecule has 0 bridgehead atoms. The summed E-state index contributed by atoms with van der Waals surface area (Å²) in [5.41, 5.74) is 2.86. The lowest BCUT2D eigenvalue weighted by atomic mass is 10.2. The van der Waals surface area contributed by atoms with E-state index < -0.39 is 0 Å². The first-order valence-corrected chi connectivity index (χ1v) is 4.05. The number of hydroxylamine groups is 1. The van der Waals surface area contributed by atoms with Crippen LogP contribution in [-0.4, -0.2) is 13.2 Å². The van der Waals surface area contributed by atoms with Crippen molar-refractivity contribution in [1.29, 1.82) is 0 Å². The van der Waals surface area contributed by atoms with E-state index in [0.29, 0.717) is 5.92 Å². The second-order valence-corrected chi connectivity index (χ2v) is 2.91. The third kappa shape index (κ3) is 9.48. The molecular weight excluding hydrogens is 138 g/mol. The van der Waals surface area contributed by atoms with E-state index in [1.165, 1.54) is 0 Å². The van der Waals surface area contributed by atoms with E-state index in [1.807, 2.05) is 0 Å². The molecule has 11 heavy (non-hydrogen) atoms. The molecule has 0 rings (SSSR count). The SMILES string of the molecule is C#CCCCNOCC(C)C. The molecule has 1 N–H and O–H groups in total. The van der Waals surface area contributed by atoms with Gasteiger partial charge in [0.2, 0.25) is 0 Å². The van der Waals surface area contributed by atoms with Gasteiger partial charge in [-0.05, 0) is 12.3 Å². The largest absolute Gasteiger partial charge is 0.302 e. The molecule has 0 atom stereocenters. The van der Waals surface area contributed by atoms with E-state index in [1.54, 1.807) is 0 Å². The summed E-state index contributed by atoms with van der Waals surface area (Å²) in [5, 5.41) is 0. The van der Waals surface area contributed by atoms with Crippen LogP contribution in [0.15, 0.2) is 0 Å². The molecule has 0 aliphatic rings. The predicted molar refractivity (Wildman–Crippen MR) is 46.9 cm³/mol. The summed E-state index contributed by atoms with van der Waals surface area (Å²) < 4.78 is 0. The Morgan fingerprint density at radius 3 is 2.82 bits per heavy atom. The molecule has 0 saturated heterocycles. The Labute approximate surface area is 69.3 Å². The maximum absolute atomic E-state index is 5.12. The van der Waals surface area contributed by atoms with E-state index in [0.717, 1.165) is 26.0 Å². The van der Waals surface area contributed by atoms with Crippen LogP contribution in [0.3, 0.4) is 0 Å². The smallest absolute Gasteiger partial charge is 0.0705 e. The Morgan fingerprint density at radius 1 is 1.55 bits per heavy atom. The van der Waals surface area contributed by atoms with Crippen LogP contribution >= 0.6 is 0 Å². The van der Waals surface area contributed by atoms with Crippen LogP contribution in [0.1, 0.15) is 26.7 Å². The van der Waals surface area contributed by atoms with Gasteiger partial charge in [-0.25, -0.2) is 5.48 Å². The second kappa shape index (κ2) is 7.59. The highest BCUT2D eigenvalue weighted by Gasteiger charge is 1.91. The van der Waals surface area contributed by atoms with Crippen molar-refractivity contribution < 1.29 is 4.84 Å². The molecule has 0 fully saturated rings. The quantitative estimate of drug-likeness (QED) is 0.357. The minimum atomic E-state index is 0.579. The van der Waals surface area contributed by atoms with Gasteiger partial charge in [0.1, 0.15) is 0 Å². The van der Waals surface area contributed by atoms with Crippen molar-refractivity contribution in [3.8, 4) is 12.3 Å². The normalized spacial score (nSPS) is 10.0. The summed E-state index contributed by atoms with van der Waals surface area (Å²) >= 11 is 0. The first-order chi connectivity index (χ1) is 5.27. The van der Waals surface area contributed by atoms with Gasteiger partial charge in [0.15, 0.2) is 0 Å². The first-order valence-electron chi connectivity index (χ1n) is 4.05. The van der Waals surface area contributed by atoms with Gasteiger partial charge >= 0.3 is 0 Å². The molecule has 0 heterocycles. The Bertz CT molecular complexity index is 115. The minimum Gasteiger partial charge on any atom is -0.302 e. The zero-order valence-corrected chi connectivity index (χ0v) is 7.39. The summed E-state index contributed by atoms with van der Waals surface area (Å²) in [7, 11) is 0. The van der Waals surface area contributed by atoms with Gasteiger partial charge in [0.05, 0.1) is 6.61 Å². The van der Waals surface area contributed by atoms with E-state index >= 15 is 0 Å². The molecule has 0 unspecified atom stereocenters. The van der Waals surface area contributed by atoms with Crippen LogP contribution in [-0.2, 0) is 4.84 Å². The van der Waals surface area contributed by atoms with Crippen molar-refractivity contribution in [2.24, 2.45) is 5.92 Å². The fourth-order valence-electron chi connectivity index (χ4n) is 0.560. The minimum absolute atomic E-state index is 0.579. The molecule has 0 amide bonds. The van der Waals surface area contributed by atoms with Crippen LogP contribution in [0, 0.1) is 18.3 Å². The first kappa shape index (κ1) is 10.5. The van der Waals surface area contributed by atoms with E-state index in [9.17, 15) is 0 Å². The van der Waals surface area contributed by atoms with Gasteiger partial charge in [-0.1, -0.05) is 13.8 Å². The van der Waals surface area contributed by atoms with Crippen molar-refractivity contribution in [2.75, 3.05) is 13.2 Å². The third-order valence-corrected chi connectivity index (χ3v) is 1.12. The number of rotatable bonds is 6. The van der Waals surface area contributed by atoms with Crippen molar-refractivity contribution >= 4 is 0 Å². The Morgan fingerprint density at radius 2 is 2.27 bits per heavy atom. The number of nitrogens with one attached hydrogen (secondary N) is 1. The lowest BCUT2D eigenvalue weighted by Gasteiger charge is -2.06. The van der Waals surface area contributed by atoms with Gasteiger partial charge in [-0.3, -0.25) is 0 Å². The molecule has 64 valence electrons. The average molecular weight is 155 g/mol. The lowest BCUT2D eigenvalue weighted by Crippen LogP contribution is -2.18. The fraction of sp³-hybridized carbons (Fsp3) is 0.778. The third-order valence-electron chi connectivity index (χ3n) is 1.12. The van der Waals surface area contributed by atoms with Crippen molar-refractivity contribution in [3.63, 3.8) is 0 Å². The summed E-state index contributed by atoms with van der Waals surface area (Å²) in [6, 6.07) is 0. The maximum Gasteiger partial charge on any atom is 0.0705 e. The molecule has 0 aliphatic heterocycles. The van der Waals surface area contributed by atoms with Crippen molar-refractivity contribution in [2.45, 2.75) is 26.7 Å². The van der Waals surface area contributed by atoms with Crippen molar-refractivity contribution in [3.05, 3.63) is 0 Å². The van der Waals surface area contributed by atoms with Crippen molar-refractivity contribution in [1.82, 2.24) is 5.48 Å². The molecule has 2 heteroatoms. The second-order valence-electron chi connectivity index (χ2n) is 2.91. The summed E-state index contributed by atoms with van der Waals surface area (Å²) in [4.78, 5) is 5.12. The molecule has 0 spiro atoms. The Hall–Kier alpha value is -0.520. The number of unbranched alkanes of at least 4 members (excludes halogenated alkanes) is 1. The summed E-state index contributed by atoms with van der Waals surface area (Å²) in [6.07, 6.45) is 6.87. The van der Waals surface area contributed by atoms with Gasteiger partial charge < -0.3 is 4.84 Å². The summed E-state index contributed by atoms with van der Waals surface area (Å²) in [5.74, 6) is 3.15. The van der Waals surface area contributed by atoms with Crippen LogP contribution in [0.5, 0.6) is 0 Å². The van der Waals surface area contributed by atoms with Crippen LogP contribution in [0.4, 0.5) is 0 Å². The molecule has 0 aromatic carbocycles. The van der Waals surface area contributed by atoms with E-state index in [4.69, 9.17) is 11.3 Å². The van der Waals surface area contributed by atoms with Crippen LogP contribution in [0.25, 0.3) is 0 Å².